The van der Waals surface area contributed by atoms with Gasteiger partial charge in [0.05, 0.1) is 25.4 Å². The van der Waals surface area contributed by atoms with Crippen LogP contribution in [0.4, 0.5) is 0 Å². The first-order chi connectivity index (χ1) is 27.0. The molecule has 0 aliphatic heterocycles. The van der Waals surface area contributed by atoms with Crippen molar-refractivity contribution in [2.75, 3.05) is 13.2 Å². The third-order valence-corrected chi connectivity index (χ3v) is 10.3. The number of unbranched alkanes of at least 4 members (excludes halogenated alkanes) is 25. The minimum absolute atomic E-state index is 0.0290. The summed E-state index contributed by atoms with van der Waals surface area (Å²) in [5.41, 5.74) is 0. The number of carbonyl (C=O) groups excluding carboxylic acids is 2. The number of allylic oxidation sites excluding steroid dienone is 7. The van der Waals surface area contributed by atoms with Gasteiger partial charge < -0.3 is 20.3 Å². The maximum atomic E-state index is 12.4. The molecule has 0 aromatic carbocycles. The Balaban J connectivity index is 3.55. The van der Waals surface area contributed by atoms with Crippen molar-refractivity contribution in [2.45, 2.75) is 238 Å². The molecule has 0 saturated carbocycles. The molecule has 0 bridgehead atoms. The van der Waals surface area contributed by atoms with Crippen LogP contribution in [0, 0.1) is 0 Å². The molecular weight excluding hydrogens is 683 g/mol. The van der Waals surface area contributed by atoms with E-state index in [1.807, 2.05) is 6.08 Å². The van der Waals surface area contributed by atoms with Crippen LogP contribution in [-0.4, -0.2) is 47.4 Å². The standard InChI is InChI=1S/C49H89NO5/c1-3-5-7-9-11-13-22-27-31-35-39-43-49(54)55-44-40-36-32-28-24-21-19-17-15-16-18-20-23-26-30-34-38-42-48(53)50-46(45-51)47(52)41-37-33-29-25-14-12-10-8-6-4-2/h9,11,15,17,21,24,37,41,46-47,51-52H,3-8,10,12-14,16,18-20,22-23,25-36,38-40,42-45H2,1-2H3,(H,50,53)/b11-9-,17-15-,24-21-,41-37+. The lowest BCUT2D eigenvalue weighted by Gasteiger charge is -2.20. The zero-order valence-corrected chi connectivity index (χ0v) is 36.1. The number of carbonyl (C=O) groups is 2. The van der Waals surface area contributed by atoms with Gasteiger partial charge >= 0.3 is 5.97 Å². The van der Waals surface area contributed by atoms with E-state index in [9.17, 15) is 19.8 Å². The molecule has 0 heterocycles. The third-order valence-electron chi connectivity index (χ3n) is 10.3. The number of rotatable bonds is 42. The van der Waals surface area contributed by atoms with E-state index in [0.29, 0.717) is 19.4 Å². The van der Waals surface area contributed by atoms with E-state index in [2.05, 4.69) is 55.6 Å². The molecule has 2 atom stereocenters. The number of aliphatic hydroxyl groups is 2. The van der Waals surface area contributed by atoms with Gasteiger partial charge in [0.15, 0.2) is 0 Å². The van der Waals surface area contributed by atoms with Gasteiger partial charge in [-0.2, -0.15) is 0 Å². The minimum Gasteiger partial charge on any atom is -0.466 e. The van der Waals surface area contributed by atoms with Gasteiger partial charge in [0.25, 0.3) is 0 Å². The number of aliphatic hydroxyl groups excluding tert-OH is 2. The van der Waals surface area contributed by atoms with Gasteiger partial charge in [0.2, 0.25) is 5.91 Å². The molecule has 0 aliphatic rings. The summed E-state index contributed by atoms with van der Waals surface area (Å²) in [6, 6.07) is -0.638. The number of nitrogens with one attached hydrogen (secondary N) is 1. The van der Waals surface area contributed by atoms with E-state index in [1.54, 1.807) is 6.08 Å². The van der Waals surface area contributed by atoms with Gasteiger partial charge in [-0.25, -0.2) is 0 Å². The van der Waals surface area contributed by atoms with E-state index in [-0.39, 0.29) is 18.5 Å². The third kappa shape index (κ3) is 41.3. The fourth-order valence-corrected chi connectivity index (χ4v) is 6.64. The Morgan fingerprint density at radius 2 is 0.927 bits per heavy atom. The van der Waals surface area contributed by atoms with E-state index in [4.69, 9.17) is 4.74 Å². The second-order valence-electron chi connectivity index (χ2n) is 15.7. The highest BCUT2D eigenvalue weighted by Gasteiger charge is 2.18. The van der Waals surface area contributed by atoms with Crippen LogP contribution in [0.15, 0.2) is 48.6 Å². The molecule has 0 aromatic rings. The first-order valence-electron chi connectivity index (χ1n) is 23.4. The predicted octanol–water partition coefficient (Wildman–Crippen LogP) is 13.5. The summed E-state index contributed by atoms with van der Waals surface area (Å²) < 4.78 is 5.41. The Morgan fingerprint density at radius 1 is 0.509 bits per heavy atom. The number of hydrogen-bond acceptors (Lipinski definition) is 5. The summed E-state index contributed by atoms with van der Waals surface area (Å²) in [6.07, 6.45) is 53.9. The highest BCUT2D eigenvalue weighted by atomic mass is 16.5. The smallest absolute Gasteiger partial charge is 0.305 e. The predicted molar refractivity (Wildman–Crippen MR) is 236 cm³/mol. The van der Waals surface area contributed by atoms with Gasteiger partial charge in [-0.3, -0.25) is 9.59 Å². The van der Waals surface area contributed by atoms with Crippen LogP contribution in [0.2, 0.25) is 0 Å². The fraction of sp³-hybridized carbons (Fsp3) is 0.796. The summed E-state index contributed by atoms with van der Waals surface area (Å²) in [5, 5.41) is 22.9. The van der Waals surface area contributed by atoms with Crippen LogP contribution < -0.4 is 5.32 Å². The Morgan fingerprint density at radius 3 is 1.45 bits per heavy atom. The zero-order chi connectivity index (χ0) is 40.1. The van der Waals surface area contributed by atoms with Crippen LogP contribution in [0.1, 0.15) is 226 Å². The van der Waals surface area contributed by atoms with Gasteiger partial charge in [-0.1, -0.05) is 172 Å². The molecule has 3 N–H and O–H groups in total. The largest absolute Gasteiger partial charge is 0.466 e. The van der Waals surface area contributed by atoms with Crippen molar-refractivity contribution >= 4 is 11.9 Å². The lowest BCUT2D eigenvalue weighted by atomic mass is 10.1. The molecule has 6 heteroatoms. The Kier molecular flexibility index (Phi) is 42.8. The lowest BCUT2D eigenvalue weighted by Crippen LogP contribution is -2.45. The van der Waals surface area contributed by atoms with Crippen molar-refractivity contribution in [1.29, 1.82) is 0 Å². The average molecular weight is 772 g/mol. The number of hydrogen-bond donors (Lipinski definition) is 3. The second kappa shape index (κ2) is 44.5. The highest BCUT2D eigenvalue weighted by molar-refractivity contribution is 5.76. The van der Waals surface area contributed by atoms with Crippen molar-refractivity contribution in [2.24, 2.45) is 0 Å². The zero-order valence-electron chi connectivity index (χ0n) is 36.1. The molecule has 0 fully saturated rings. The molecule has 0 aliphatic carbocycles. The first kappa shape index (κ1) is 52.8. The monoisotopic (exact) mass is 772 g/mol. The summed E-state index contributed by atoms with van der Waals surface area (Å²) in [4.78, 5) is 24.3. The van der Waals surface area contributed by atoms with Crippen molar-refractivity contribution in [3.8, 4) is 0 Å². The van der Waals surface area contributed by atoms with Crippen LogP contribution in [0.25, 0.3) is 0 Å². The molecule has 0 saturated heterocycles. The molecule has 0 rings (SSSR count). The Labute approximate surface area is 340 Å². The van der Waals surface area contributed by atoms with Crippen molar-refractivity contribution in [1.82, 2.24) is 5.32 Å². The molecule has 1 amide bonds. The van der Waals surface area contributed by atoms with Gasteiger partial charge in [-0.05, 0) is 89.9 Å². The van der Waals surface area contributed by atoms with Gasteiger partial charge in [-0.15, -0.1) is 0 Å². The first-order valence-corrected chi connectivity index (χ1v) is 23.4. The van der Waals surface area contributed by atoms with Crippen molar-refractivity contribution in [3.63, 3.8) is 0 Å². The summed E-state index contributed by atoms with van der Waals surface area (Å²) >= 11 is 0. The SMILES string of the molecule is CCCC/C=C\CCCCCCCC(=O)OCCCCC/C=C\C/C=C\CCCCCCCCCC(=O)NC(CO)C(O)/C=C/CCCCCCCCCC. The molecule has 2 unspecified atom stereocenters. The van der Waals surface area contributed by atoms with Crippen molar-refractivity contribution < 1.29 is 24.5 Å². The molecule has 6 nitrogen and oxygen atoms in total. The Hall–Kier alpha value is -2.18. The molecule has 0 radical (unpaired) electrons. The number of amides is 1. The highest BCUT2D eigenvalue weighted by Crippen LogP contribution is 2.13. The normalized spacial score (nSPS) is 13.2. The summed E-state index contributed by atoms with van der Waals surface area (Å²) in [7, 11) is 0. The quantitative estimate of drug-likeness (QED) is 0.0326. The topological polar surface area (TPSA) is 95.9 Å². The van der Waals surface area contributed by atoms with Crippen LogP contribution in [-0.2, 0) is 14.3 Å². The van der Waals surface area contributed by atoms with Crippen molar-refractivity contribution in [3.05, 3.63) is 48.6 Å². The van der Waals surface area contributed by atoms with E-state index >= 15 is 0 Å². The molecule has 0 aromatic heterocycles. The fourth-order valence-electron chi connectivity index (χ4n) is 6.64. The van der Waals surface area contributed by atoms with Gasteiger partial charge in [0, 0.05) is 12.8 Å². The Bertz CT molecular complexity index is 942. The summed E-state index contributed by atoms with van der Waals surface area (Å²) in [5.74, 6) is -0.118. The molecule has 55 heavy (non-hydrogen) atoms. The maximum absolute atomic E-state index is 12.4. The van der Waals surface area contributed by atoms with Crippen LogP contribution in [0.3, 0.4) is 0 Å². The van der Waals surface area contributed by atoms with Gasteiger partial charge in [0.1, 0.15) is 0 Å². The number of ether oxygens (including phenoxy) is 1. The second-order valence-corrected chi connectivity index (χ2v) is 15.7. The van der Waals surface area contributed by atoms with Crippen LogP contribution in [0.5, 0.6) is 0 Å². The van der Waals surface area contributed by atoms with Crippen LogP contribution >= 0.6 is 0 Å². The number of esters is 1. The molecular formula is C49H89NO5. The minimum atomic E-state index is -0.853. The average Bonchev–Trinajstić information content (AvgIpc) is 3.18. The van der Waals surface area contributed by atoms with E-state index < -0.39 is 12.1 Å². The molecule has 0 spiro atoms. The summed E-state index contributed by atoms with van der Waals surface area (Å²) in [6.45, 7) is 4.77. The lowest BCUT2D eigenvalue weighted by molar-refractivity contribution is -0.143. The maximum Gasteiger partial charge on any atom is 0.305 e. The van der Waals surface area contributed by atoms with E-state index in [1.165, 1.54) is 116 Å². The molecule has 320 valence electrons. The van der Waals surface area contributed by atoms with E-state index in [0.717, 1.165) is 83.5 Å².